The fraction of sp³-hybridized carbons (Fsp3) is 0.222. The van der Waals surface area contributed by atoms with Gasteiger partial charge in [0, 0.05) is 56.4 Å². The standard InChI is InChI=1S/C27H31BN4O4S/c1-31(2)26-13-6-12-25-24(26)11-7-14-27(25)37(35,36)32(20-23-10-3-4-15-30-23)17-16-29-19-21-8-5-9-22(18-21)28(33)34/h3-15,18,29,33-34H,16-17,19-20H2,1-2H3. The van der Waals surface area contributed by atoms with Gasteiger partial charge >= 0.3 is 7.12 Å². The molecule has 0 saturated heterocycles. The topological polar surface area (TPSA) is 106 Å². The Morgan fingerprint density at radius 2 is 1.68 bits per heavy atom. The molecule has 37 heavy (non-hydrogen) atoms. The lowest BCUT2D eigenvalue weighted by molar-refractivity contribution is 0.396. The third kappa shape index (κ3) is 6.35. The van der Waals surface area contributed by atoms with Crippen molar-refractivity contribution < 1.29 is 18.5 Å². The van der Waals surface area contributed by atoms with Gasteiger partial charge in [-0.2, -0.15) is 4.31 Å². The van der Waals surface area contributed by atoms with E-state index in [1.165, 1.54) is 4.31 Å². The zero-order chi connectivity index (χ0) is 26.4. The molecule has 4 aromatic rings. The van der Waals surface area contributed by atoms with E-state index in [0.717, 1.165) is 16.6 Å². The summed E-state index contributed by atoms with van der Waals surface area (Å²) in [6.45, 7) is 1.22. The van der Waals surface area contributed by atoms with Crippen LogP contribution in [0.15, 0.2) is 90.0 Å². The van der Waals surface area contributed by atoms with Crippen molar-refractivity contribution in [2.75, 3.05) is 32.1 Å². The molecule has 0 aliphatic heterocycles. The number of nitrogens with one attached hydrogen (secondary N) is 1. The second-order valence-corrected chi connectivity index (χ2v) is 10.9. The van der Waals surface area contributed by atoms with Gasteiger partial charge in [-0.05, 0) is 35.3 Å². The molecule has 0 atom stereocenters. The second kappa shape index (κ2) is 11.8. The zero-order valence-corrected chi connectivity index (χ0v) is 21.8. The van der Waals surface area contributed by atoms with E-state index in [1.807, 2.05) is 61.5 Å². The molecule has 0 radical (unpaired) electrons. The number of rotatable bonds is 11. The summed E-state index contributed by atoms with van der Waals surface area (Å²) in [6, 6.07) is 23.5. The first-order valence-electron chi connectivity index (χ1n) is 12.0. The molecule has 0 saturated carbocycles. The molecule has 0 bridgehead atoms. The molecule has 192 valence electrons. The first-order valence-corrected chi connectivity index (χ1v) is 13.5. The molecule has 0 amide bonds. The molecule has 0 aliphatic carbocycles. The van der Waals surface area contributed by atoms with Crippen molar-refractivity contribution in [2.45, 2.75) is 18.0 Å². The van der Waals surface area contributed by atoms with Crippen LogP contribution < -0.4 is 15.7 Å². The van der Waals surface area contributed by atoms with E-state index >= 15 is 0 Å². The number of hydrogen-bond donors (Lipinski definition) is 3. The van der Waals surface area contributed by atoms with Crippen LogP contribution >= 0.6 is 0 Å². The van der Waals surface area contributed by atoms with E-state index < -0.39 is 17.1 Å². The zero-order valence-electron chi connectivity index (χ0n) is 20.9. The summed E-state index contributed by atoms with van der Waals surface area (Å²) in [5.74, 6) is 0. The maximum atomic E-state index is 14.0. The predicted octanol–water partition coefficient (Wildman–Crippen LogP) is 1.96. The molecule has 3 aromatic carbocycles. The number of sulfonamides is 1. The van der Waals surface area contributed by atoms with Gasteiger partial charge in [0.2, 0.25) is 10.0 Å². The Morgan fingerprint density at radius 1 is 0.919 bits per heavy atom. The summed E-state index contributed by atoms with van der Waals surface area (Å²) < 4.78 is 29.5. The largest absolute Gasteiger partial charge is 0.488 e. The Balaban J connectivity index is 1.59. The third-order valence-electron chi connectivity index (χ3n) is 6.14. The lowest BCUT2D eigenvalue weighted by Crippen LogP contribution is -2.37. The van der Waals surface area contributed by atoms with Gasteiger partial charge in [-0.25, -0.2) is 8.42 Å². The van der Waals surface area contributed by atoms with E-state index in [4.69, 9.17) is 0 Å². The summed E-state index contributed by atoms with van der Waals surface area (Å²) in [5.41, 5.74) is 2.88. The predicted molar refractivity (Wildman–Crippen MR) is 148 cm³/mol. The number of pyridine rings is 1. The average Bonchev–Trinajstić information content (AvgIpc) is 2.90. The van der Waals surface area contributed by atoms with Crippen LogP contribution in [0.25, 0.3) is 10.8 Å². The monoisotopic (exact) mass is 518 g/mol. The minimum Gasteiger partial charge on any atom is -0.423 e. The van der Waals surface area contributed by atoms with Crippen molar-refractivity contribution in [2.24, 2.45) is 0 Å². The van der Waals surface area contributed by atoms with Crippen LogP contribution in [-0.2, 0) is 23.1 Å². The summed E-state index contributed by atoms with van der Waals surface area (Å²) in [6.07, 6.45) is 1.65. The van der Waals surface area contributed by atoms with E-state index in [-0.39, 0.29) is 18.0 Å². The fourth-order valence-electron chi connectivity index (χ4n) is 4.28. The molecule has 4 rings (SSSR count). The average molecular weight is 518 g/mol. The van der Waals surface area contributed by atoms with Crippen molar-refractivity contribution in [1.29, 1.82) is 0 Å². The van der Waals surface area contributed by atoms with Crippen LogP contribution in [0.3, 0.4) is 0 Å². The number of aromatic nitrogens is 1. The van der Waals surface area contributed by atoms with Crippen molar-refractivity contribution in [3.63, 3.8) is 0 Å². The highest BCUT2D eigenvalue weighted by Crippen LogP contribution is 2.32. The van der Waals surface area contributed by atoms with Gasteiger partial charge in [-0.15, -0.1) is 0 Å². The van der Waals surface area contributed by atoms with Gasteiger partial charge in [-0.3, -0.25) is 4.98 Å². The van der Waals surface area contributed by atoms with Gasteiger partial charge < -0.3 is 20.3 Å². The van der Waals surface area contributed by atoms with Crippen LogP contribution in [0.4, 0.5) is 5.69 Å². The number of fused-ring (bicyclic) bond motifs is 1. The van der Waals surface area contributed by atoms with Gasteiger partial charge in [0.15, 0.2) is 0 Å². The number of benzene rings is 3. The van der Waals surface area contributed by atoms with E-state index in [0.29, 0.717) is 29.6 Å². The Bertz CT molecular complexity index is 1450. The van der Waals surface area contributed by atoms with E-state index in [2.05, 4.69) is 10.3 Å². The smallest absolute Gasteiger partial charge is 0.423 e. The molecule has 10 heteroatoms. The molecule has 0 aliphatic rings. The molecule has 1 aromatic heterocycles. The van der Waals surface area contributed by atoms with Crippen molar-refractivity contribution in [3.05, 3.63) is 96.3 Å². The molecule has 8 nitrogen and oxygen atoms in total. The van der Waals surface area contributed by atoms with Gasteiger partial charge in [0.1, 0.15) is 0 Å². The SMILES string of the molecule is CN(C)c1cccc2c(S(=O)(=O)N(CCNCc3cccc(B(O)O)c3)Cc3ccccn3)cccc12. The second-order valence-electron chi connectivity index (χ2n) is 8.98. The minimum atomic E-state index is -3.86. The fourth-order valence-corrected chi connectivity index (χ4v) is 5.89. The number of anilines is 1. The Morgan fingerprint density at radius 3 is 2.41 bits per heavy atom. The molecule has 0 unspecified atom stereocenters. The minimum absolute atomic E-state index is 0.140. The highest BCUT2D eigenvalue weighted by Gasteiger charge is 2.27. The van der Waals surface area contributed by atoms with Gasteiger partial charge in [0.05, 0.1) is 17.1 Å². The van der Waals surface area contributed by atoms with Crippen LogP contribution in [0.5, 0.6) is 0 Å². The Kier molecular flexibility index (Phi) is 8.57. The Labute approximate surface area is 218 Å². The van der Waals surface area contributed by atoms with Crippen LogP contribution in [-0.4, -0.2) is 62.1 Å². The highest BCUT2D eigenvalue weighted by atomic mass is 32.2. The molecule has 0 spiro atoms. The van der Waals surface area contributed by atoms with Gasteiger partial charge in [0.25, 0.3) is 0 Å². The maximum Gasteiger partial charge on any atom is 0.488 e. The van der Waals surface area contributed by atoms with Crippen LogP contribution in [0, 0.1) is 0 Å². The van der Waals surface area contributed by atoms with E-state index in [9.17, 15) is 18.5 Å². The van der Waals surface area contributed by atoms with Crippen molar-refractivity contribution in [1.82, 2.24) is 14.6 Å². The molecular weight excluding hydrogens is 487 g/mol. The van der Waals surface area contributed by atoms with Gasteiger partial charge in [-0.1, -0.05) is 54.6 Å². The first-order chi connectivity index (χ1) is 17.8. The number of nitrogens with zero attached hydrogens (tertiary/aromatic N) is 3. The van der Waals surface area contributed by atoms with Crippen LogP contribution in [0.1, 0.15) is 11.3 Å². The number of hydrogen-bond acceptors (Lipinski definition) is 7. The first kappa shape index (κ1) is 26.8. The third-order valence-corrected chi connectivity index (χ3v) is 8.04. The molecule has 3 N–H and O–H groups in total. The normalized spacial score (nSPS) is 11.7. The van der Waals surface area contributed by atoms with Crippen molar-refractivity contribution in [3.8, 4) is 0 Å². The lowest BCUT2D eigenvalue weighted by atomic mass is 9.80. The van der Waals surface area contributed by atoms with E-state index in [1.54, 1.807) is 42.6 Å². The molecule has 1 heterocycles. The quantitative estimate of drug-likeness (QED) is 0.206. The van der Waals surface area contributed by atoms with Crippen molar-refractivity contribution >= 4 is 39.1 Å². The lowest BCUT2D eigenvalue weighted by Gasteiger charge is -2.24. The summed E-state index contributed by atoms with van der Waals surface area (Å²) in [4.78, 5) is 6.58. The highest BCUT2D eigenvalue weighted by molar-refractivity contribution is 7.89. The summed E-state index contributed by atoms with van der Waals surface area (Å²) >= 11 is 0. The maximum absolute atomic E-state index is 14.0. The molecule has 0 fully saturated rings. The Hall–Kier alpha value is -3.28. The molecular formula is C27H31BN4O4S. The van der Waals surface area contributed by atoms with Crippen LogP contribution in [0.2, 0.25) is 0 Å². The summed E-state index contributed by atoms with van der Waals surface area (Å²) in [7, 11) is -1.52. The summed E-state index contributed by atoms with van der Waals surface area (Å²) in [5, 5.41) is 23.6.